The number of azo groups is 2. The van der Waals surface area contributed by atoms with Crippen LogP contribution in [0.3, 0.4) is 0 Å². The Labute approximate surface area is 124 Å². The summed E-state index contributed by atoms with van der Waals surface area (Å²) in [7, 11) is 0. The lowest BCUT2D eigenvalue weighted by Crippen LogP contribution is -2.53. The number of hydrogen-bond donors (Lipinski definition) is 0. The second kappa shape index (κ2) is 3.08. The molecular formula is C16H22N4O. The van der Waals surface area contributed by atoms with Gasteiger partial charge in [0, 0.05) is 12.8 Å². The highest BCUT2D eigenvalue weighted by Crippen LogP contribution is 2.71. The molecule has 0 spiro atoms. The molecule has 5 aliphatic rings. The molecule has 0 aromatic carbocycles. The zero-order chi connectivity index (χ0) is 14.8. The standard InChI is InChI=1S/C16H22N4O/c1-14(2)15(3)10-11-13(18-20(21)16(11,14)4)9-7-5-6-8(9)12(10)17-19-15/h8-9,11,13H,5-7H2,1-4H3/t8?,9-,11+,13-,15?,16-/m1/s1. The minimum absolute atomic E-state index is 0.156. The molecule has 21 heavy (non-hydrogen) atoms. The average molecular weight is 286 g/mol. The molecule has 5 heteroatoms. The van der Waals surface area contributed by atoms with Crippen molar-refractivity contribution in [2.24, 2.45) is 38.5 Å². The summed E-state index contributed by atoms with van der Waals surface area (Å²) in [5.74, 6) is 1.20. The van der Waals surface area contributed by atoms with Crippen LogP contribution in [0.25, 0.3) is 0 Å². The van der Waals surface area contributed by atoms with Gasteiger partial charge in [-0.05, 0) is 36.4 Å². The summed E-state index contributed by atoms with van der Waals surface area (Å²) in [6.45, 7) is 8.65. The van der Waals surface area contributed by atoms with Gasteiger partial charge in [0.2, 0.25) is 5.54 Å². The molecule has 2 fully saturated rings. The van der Waals surface area contributed by atoms with Gasteiger partial charge in [0.15, 0.2) is 0 Å². The van der Waals surface area contributed by atoms with Gasteiger partial charge >= 0.3 is 0 Å². The topological polar surface area (TPSA) is 63.1 Å². The van der Waals surface area contributed by atoms with Gasteiger partial charge in [0.05, 0.1) is 17.0 Å². The van der Waals surface area contributed by atoms with Gasteiger partial charge in [-0.1, -0.05) is 25.1 Å². The van der Waals surface area contributed by atoms with Crippen molar-refractivity contribution in [3.63, 3.8) is 0 Å². The molecule has 0 radical (unpaired) electrons. The molecule has 5 nitrogen and oxygen atoms in total. The Kier molecular flexibility index (Phi) is 1.81. The fourth-order valence-corrected chi connectivity index (χ4v) is 6.11. The summed E-state index contributed by atoms with van der Waals surface area (Å²) >= 11 is 0. The van der Waals surface area contributed by atoms with E-state index in [0.717, 1.165) is 4.86 Å². The molecule has 112 valence electrons. The van der Waals surface area contributed by atoms with E-state index in [1.807, 2.05) is 0 Å². The molecule has 2 saturated carbocycles. The zero-order valence-electron chi connectivity index (χ0n) is 13.1. The maximum atomic E-state index is 12.8. The summed E-state index contributed by atoms with van der Waals surface area (Å²) < 4.78 is 0. The Bertz CT molecular complexity index is 663. The number of allylic oxidation sites excluding steroid dienone is 1. The fraction of sp³-hybridized carbons (Fsp3) is 0.875. The van der Waals surface area contributed by atoms with E-state index in [9.17, 15) is 5.21 Å². The fourth-order valence-electron chi connectivity index (χ4n) is 6.11. The molecule has 0 bridgehead atoms. The van der Waals surface area contributed by atoms with Gasteiger partial charge < -0.3 is 5.21 Å². The van der Waals surface area contributed by atoms with E-state index in [0.29, 0.717) is 11.8 Å². The smallest absolute Gasteiger partial charge is 0.212 e. The van der Waals surface area contributed by atoms with Crippen molar-refractivity contribution in [1.29, 1.82) is 0 Å². The first-order chi connectivity index (χ1) is 9.84. The Morgan fingerprint density at radius 3 is 2.71 bits per heavy atom. The van der Waals surface area contributed by atoms with Gasteiger partial charge in [0.25, 0.3) is 0 Å². The lowest BCUT2D eigenvalue weighted by Gasteiger charge is -2.39. The first-order valence-electron chi connectivity index (χ1n) is 8.19. The second-order valence-electron chi connectivity index (χ2n) is 8.40. The van der Waals surface area contributed by atoms with Crippen molar-refractivity contribution in [3.05, 3.63) is 16.5 Å². The predicted octanol–water partition coefficient (Wildman–Crippen LogP) is 3.65. The van der Waals surface area contributed by atoms with E-state index in [1.165, 1.54) is 30.5 Å². The average Bonchev–Trinajstić information content (AvgIpc) is 3.10. The molecule has 0 N–H and O–H groups in total. The Hall–Kier alpha value is -1.26. The second-order valence-corrected chi connectivity index (χ2v) is 8.40. The van der Waals surface area contributed by atoms with Crippen LogP contribution >= 0.6 is 0 Å². The summed E-state index contributed by atoms with van der Waals surface area (Å²) in [5.41, 5.74) is 1.50. The van der Waals surface area contributed by atoms with Crippen LogP contribution in [0.15, 0.2) is 26.6 Å². The number of nitrogens with zero attached hydrogens (tertiary/aromatic N) is 4. The molecule has 2 aliphatic heterocycles. The highest BCUT2D eigenvalue weighted by atomic mass is 16.5. The summed E-state index contributed by atoms with van der Waals surface area (Å²) in [5, 5.41) is 26.8. The monoisotopic (exact) mass is 286 g/mol. The van der Waals surface area contributed by atoms with Gasteiger partial charge in [0.1, 0.15) is 11.6 Å². The van der Waals surface area contributed by atoms with Crippen LogP contribution in [-0.2, 0) is 0 Å². The van der Waals surface area contributed by atoms with E-state index in [2.05, 4.69) is 37.9 Å². The normalized spacial score (nSPS) is 55.0. The van der Waals surface area contributed by atoms with Crippen molar-refractivity contribution < 1.29 is 4.86 Å². The number of rotatable bonds is 0. The SMILES string of the molecule is CC12N=NC3=C1[C@H]1[C@H](N=[N+]([O-])[C@@]1(C)C2(C)C)[C@@H]1CCCC31. The lowest BCUT2D eigenvalue weighted by atomic mass is 9.65. The van der Waals surface area contributed by atoms with Gasteiger partial charge in [-0.2, -0.15) is 10.2 Å². The van der Waals surface area contributed by atoms with Crippen LogP contribution in [0, 0.1) is 28.4 Å². The third-order valence-electron chi connectivity index (χ3n) is 7.89. The van der Waals surface area contributed by atoms with Crippen molar-refractivity contribution in [2.45, 2.75) is 64.1 Å². The molecule has 2 unspecified atom stereocenters. The molecule has 6 atom stereocenters. The van der Waals surface area contributed by atoms with Crippen LogP contribution in [0.4, 0.5) is 0 Å². The molecule has 3 aliphatic carbocycles. The highest BCUT2D eigenvalue weighted by Gasteiger charge is 2.80. The summed E-state index contributed by atoms with van der Waals surface area (Å²) in [6, 6.07) is 0.156. The largest absolute Gasteiger partial charge is 0.599 e. The van der Waals surface area contributed by atoms with Crippen LogP contribution < -0.4 is 0 Å². The van der Waals surface area contributed by atoms with Crippen LogP contribution in [0.2, 0.25) is 0 Å². The highest BCUT2D eigenvalue weighted by molar-refractivity contribution is 5.48. The number of fused-ring (bicyclic) bond motifs is 3. The molecule has 0 saturated heterocycles. The van der Waals surface area contributed by atoms with E-state index < -0.39 is 5.54 Å². The van der Waals surface area contributed by atoms with E-state index >= 15 is 0 Å². The van der Waals surface area contributed by atoms with E-state index in [1.54, 1.807) is 0 Å². The minimum Gasteiger partial charge on any atom is -0.599 e. The van der Waals surface area contributed by atoms with Crippen molar-refractivity contribution in [3.8, 4) is 0 Å². The molecular weight excluding hydrogens is 264 g/mol. The van der Waals surface area contributed by atoms with E-state index in [4.69, 9.17) is 5.11 Å². The minimum atomic E-state index is -0.486. The first kappa shape index (κ1) is 12.3. The van der Waals surface area contributed by atoms with Gasteiger partial charge in [-0.3, -0.25) is 0 Å². The number of hydroxylamine groups is 1. The first-order valence-corrected chi connectivity index (χ1v) is 8.19. The van der Waals surface area contributed by atoms with Crippen molar-refractivity contribution in [1.82, 2.24) is 0 Å². The van der Waals surface area contributed by atoms with Gasteiger partial charge in [-0.15, -0.1) is 0 Å². The third-order valence-corrected chi connectivity index (χ3v) is 7.89. The lowest BCUT2D eigenvalue weighted by molar-refractivity contribution is -0.612. The quantitative estimate of drug-likeness (QED) is 0.495. The Morgan fingerprint density at radius 2 is 1.95 bits per heavy atom. The number of hydrogen-bond acceptors (Lipinski definition) is 4. The van der Waals surface area contributed by atoms with Crippen molar-refractivity contribution in [2.75, 3.05) is 0 Å². The zero-order valence-corrected chi connectivity index (χ0v) is 13.1. The molecule has 5 rings (SSSR count). The van der Waals surface area contributed by atoms with Crippen molar-refractivity contribution >= 4 is 0 Å². The third kappa shape index (κ3) is 0.940. The van der Waals surface area contributed by atoms with Crippen LogP contribution in [-0.4, -0.2) is 22.0 Å². The molecule has 0 amide bonds. The summed E-state index contributed by atoms with van der Waals surface area (Å²) in [6.07, 6.45) is 3.60. The Balaban J connectivity index is 1.86. The van der Waals surface area contributed by atoms with Gasteiger partial charge in [-0.25, -0.2) is 0 Å². The molecule has 0 aromatic rings. The van der Waals surface area contributed by atoms with Crippen LogP contribution in [0.5, 0.6) is 0 Å². The maximum absolute atomic E-state index is 12.8. The molecule has 0 aromatic heterocycles. The van der Waals surface area contributed by atoms with Crippen LogP contribution in [0.1, 0.15) is 47.0 Å². The maximum Gasteiger partial charge on any atom is 0.212 e. The van der Waals surface area contributed by atoms with E-state index in [-0.39, 0.29) is 22.9 Å². The molecule has 2 heterocycles. The Morgan fingerprint density at radius 1 is 1.19 bits per heavy atom. The summed E-state index contributed by atoms with van der Waals surface area (Å²) in [4.78, 5) is 1.05. The predicted molar refractivity (Wildman–Crippen MR) is 76.6 cm³/mol.